The van der Waals surface area contributed by atoms with Crippen LogP contribution in [0.25, 0.3) is 10.9 Å². The zero-order chi connectivity index (χ0) is 24.4. The maximum atomic E-state index is 13.2. The van der Waals surface area contributed by atoms with Crippen LogP contribution in [-0.4, -0.2) is 35.5 Å². The number of carbonyl (C=O) groups is 2. The van der Waals surface area contributed by atoms with E-state index in [0.29, 0.717) is 28.1 Å². The third-order valence-electron chi connectivity index (χ3n) is 6.04. The Balaban J connectivity index is 1.54. The number of fused-ring (bicyclic) bond motifs is 2. The van der Waals surface area contributed by atoms with E-state index in [0.717, 1.165) is 36.0 Å². The van der Waals surface area contributed by atoms with Crippen LogP contribution < -0.4 is 10.1 Å². The Hall–Kier alpha value is -4.01. The number of nitro benzene ring substituents is 1. The normalized spacial score (nSPS) is 14.9. The molecule has 0 radical (unpaired) electrons. The Kier molecular flexibility index (Phi) is 6.45. The van der Waals surface area contributed by atoms with Crippen molar-refractivity contribution in [2.75, 3.05) is 19.0 Å². The van der Waals surface area contributed by atoms with Crippen molar-refractivity contribution in [2.45, 2.75) is 33.1 Å². The first kappa shape index (κ1) is 23.2. The van der Waals surface area contributed by atoms with Crippen LogP contribution in [0.15, 0.2) is 36.4 Å². The molecule has 4 rings (SSSR count). The topological polar surface area (TPSA) is 121 Å². The van der Waals surface area contributed by atoms with Crippen LogP contribution in [0.1, 0.15) is 40.5 Å². The summed E-state index contributed by atoms with van der Waals surface area (Å²) in [6, 6.07) is 10.1. The molecular formula is C25H25N3O6. The number of pyridine rings is 1. The molecule has 0 spiro atoms. The molecule has 9 heteroatoms. The Bertz CT molecular complexity index is 1300. The number of carbonyl (C=O) groups excluding carboxylic acids is 2. The number of hydrogen-bond acceptors (Lipinski definition) is 7. The van der Waals surface area contributed by atoms with Gasteiger partial charge in [0, 0.05) is 28.9 Å². The number of benzene rings is 2. The van der Waals surface area contributed by atoms with Crippen molar-refractivity contribution in [3.63, 3.8) is 0 Å². The third-order valence-corrected chi connectivity index (χ3v) is 6.04. The summed E-state index contributed by atoms with van der Waals surface area (Å²) in [5, 5.41) is 14.5. The zero-order valence-electron chi connectivity index (χ0n) is 19.2. The van der Waals surface area contributed by atoms with Crippen molar-refractivity contribution in [1.29, 1.82) is 0 Å². The Morgan fingerprint density at radius 2 is 2.03 bits per heavy atom. The average molecular weight is 463 g/mol. The van der Waals surface area contributed by atoms with E-state index in [-0.39, 0.29) is 11.4 Å². The van der Waals surface area contributed by atoms with Gasteiger partial charge in [-0.2, -0.15) is 0 Å². The van der Waals surface area contributed by atoms with Gasteiger partial charge >= 0.3 is 11.7 Å². The summed E-state index contributed by atoms with van der Waals surface area (Å²) >= 11 is 0. The minimum atomic E-state index is -0.572. The summed E-state index contributed by atoms with van der Waals surface area (Å²) in [5.41, 5.74) is 3.60. The predicted molar refractivity (Wildman–Crippen MR) is 126 cm³/mol. The molecule has 0 aliphatic heterocycles. The molecule has 3 aromatic rings. The fourth-order valence-electron chi connectivity index (χ4n) is 4.30. The standard InChI is InChI=1S/C25H25N3O6/c1-14-8-9-19-17(10-14)24(16-6-4-5-7-18(16)26-19)25(30)34-13-23(29)27-20-12-22(33-3)21(28(31)32)11-15(20)2/h4-7,11-12,14H,8-10,13H2,1-3H3,(H,27,29). The molecule has 1 aliphatic rings. The summed E-state index contributed by atoms with van der Waals surface area (Å²) < 4.78 is 10.5. The van der Waals surface area contributed by atoms with E-state index in [2.05, 4.69) is 12.2 Å². The second-order valence-corrected chi connectivity index (χ2v) is 8.50. The van der Waals surface area contributed by atoms with Crippen molar-refractivity contribution in [1.82, 2.24) is 4.98 Å². The largest absolute Gasteiger partial charge is 0.490 e. The summed E-state index contributed by atoms with van der Waals surface area (Å²) in [5.74, 6) is -0.692. The van der Waals surface area contributed by atoms with Crippen LogP contribution >= 0.6 is 0 Å². The lowest BCUT2D eigenvalue weighted by Gasteiger charge is -2.24. The van der Waals surface area contributed by atoms with Crippen LogP contribution in [0.5, 0.6) is 5.75 Å². The molecule has 0 fully saturated rings. The van der Waals surface area contributed by atoms with E-state index in [1.165, 1.54) is 19.2 Å². The van der Waals surface area contributed by atoms with Crippen LogP contribution in [0, 0.1) is 23.0 Å². The number of nitrogens with zero attached hydrogens (tertiary/aromatic N) is 2. The molecule has 1 aromatic heterocycles. The molecule has 2 aromatic carbocycles. The highest BCUT2D eigenvalue weighted by molar-refractivity contribution is 6.06. The number of nitro groups is 1. The van der Waals surface area contributed by atoms with Gasteiger partial charge in [0.15, 0.2) is 12.4 Å². The molecule has 34 heavy (non-hydrogen) atoms. The van der Waals surface area contributed by atoms with E-state index in [1.807, 2.05) is 24.3 Å². The smallest absolute Gasteiger partial charge is 0.339 e. The summed E-state index contributed by atoms with van der Waals surface area (Å²) in [4.78, 5) is 41.1. The monoisotopic (exact) mass is 463 g/mol. The third kappa shape index (κ3) is 4.54. The number of aromatic nitrogens is 1. The highest BCUT2D eigenvalue weighted by Gasteiger charge is 2.26. The number of esters is 1. The lowest BCUT2D eigenvalue weighted by atomic mass is 9.84. The van der Waals surface area contributed by atoms with E-state index in [9.17, 15) is 19.7 Å². The molecule has 0 saturated heterocycles. The number of hydrogen-bond donors (Lipinski definition) is 1. The van der Waals surface area contributed by atoms with E-state index >= 15 is 0 Å². The summed E-state index contributed by atoms with van der Waals surface area (Å²) in [7, 11) is 1.31. The van der Waals surface area contributed by atoms with Gasteiger partial charge < -0.3 is 14.8 Å². The first-order valence-electron chi connectivity index (χ1n) is 11.0. The van der Waals surface area contributed by atoms with E-state index < -0.39 is 23.4 Å². The number of methoxy groups -OCH3 is 1. The van der Waals surface area contributed by atoms with Crippen LogP contribution in [0.2, 0.25) is 0 Å². The summed E-state index contributed by atoms with van der Waals surface area (Å²) in [6.07, 6.45) is 2.53. The molecule has 1 unspecified atom stereocenters. The van der Waals surface area contributed by atoms with Gasteiger partial charge in [0.05, 0.1) is 23.1 Å². The number of nitrogens with one attached hydrogen (secondary N) is 1. The second kappa shape index (κ2) is 9.46. The Morgan fingerprint density at radius 1 is 1.26 bits per heavy atom. The van der Waals surface area contributed by atoms with Gasteiger partial charge in [0.2, 0.25) is 0 Å². The van der Waals surface area contributed by atoms with Crippen molar-refractivity contribution in [2.24, 2.45) is 5.92 Å². The first-order chi connectivity index (χ1) is 16.3. The van der Waals surface area contributed by atoms with E-state index in [1.54, 1.807) is 6.92 Å². The van der Waals surface area contributed by atoms with Crippen LogP contribution in [0.4, 0.5) is 11.4 Å². The average Bonchev–Trinajstić information content (AvgIpc) is 2.82. The maximum absolute atomic E-state index is 13.2. The molecule has 0 saturated carbocycles. The highest BCUT2D eigenvalue weighted by atomic mass is 16.6. The van der Waals surface area contributed by atoms with E-state index in [4.69, 9.17) is 14.5 Å². The number of para-hydroxylation sites is 1. The van der Waals surface area contributed by atoms with Gasteiger partial charge in [0.1, 0.15) is 0 Å². The quantitative estimate of drug-likeness (QED) is 0.327. The van der Waals surface area contributed by atoms with Crippen molar-refractivity contribution in [3.8, 4) is 5.75 Å². The van der Waals surface area contributed by atoms with Gasteiger partial charge in [-0.05, 0) is 49.3 Å². The van der Waals surface area contributed by atoms with Gasteiger partial charge in [0.25, 0.3) is 5.91 Å². The predicted octanol–water partition coefficient (Wildman–Crippen LogP) is 4.38. The SMILES string of the molecule is COc1cc(NC(=O)COC(=O)c2c3c(nc4ccccc24)CCC(C)C3)c(C)cc1[N+](=O)[O-]. The molecule has 9 nitrogen and oxygen atoms in total. The molecular weight excluding hydrogens is 438 g/mol. The minimum Gasteiger partial charge on any atom is -0.490 e. The van der Waals surface area contributed by atoms with Gasteiger partial charge in [-0.3, -0.25) is 19.9 Å². The van der Waals surface area contributed by atoms with Gasteiger partial charge in [-0.15, -0.1) is 0 Å². The molecule has 1 heterocycles. The number of ether oxygens (including phenoxy) is 2. The Labute approximate surface area is 196 Å². The van der Waals surface area contributed by atoms with Crippen molar-refractivity contribution < 1.29 is 24.0 Å². The fourth-order valence-corrected chi connectivity index (χ4v) is 4.30. The maximum Gasteiger partial charge on any atom is 0.339 e. The number of amides is 1. The summed E-state index contributed by atoms with van der Waals surface area (Å²) in [6.45, 7) is 3.27. The lowest BCUT2D eigenvalue weighted by Crippen LogP contribution is -2.24. The van der Waals surface area contributed by atoms with Crippen molar-refractivity contribution >= 4 is 34.2 Å². The first-order valence-corrected chi connectivity index (χ1v) is 11.0. The fraction of sp³-hybridized carbons (Fsp3) is 0.320. The zero-order valence-corrected chi connectivity index (χ0v) is 19.2. The lowest BCUT2D eigenvalue weighted by molar-refractivity contribution is -0.385. The molecule has 1 N–H and O–H groups in total. The number of rotatable bonds is 6. The Morgan fingerprint density at radius 3 is 2.76 bits per heavy atom. The van der Waals surface area contributed by atoms with Crippen LogP contribution in [-0.2, 0) is 22.4 Å². The second-order valence-electron chi connectivity index (χ2n) is 8.50. The molecule has 176 valence electrons. The molecule has 1 amide bonds. The van der Waals surface area contributed by atoms with Crippen LogP contribution in [0.3, 0.4) is 0 Å². The van der Waals surface area contributed by atoms with Gasteiger partial charge in [-0.25, -0.2) is 4.79 Å². The number of anilines is 1. The minimum absolute atomic E-state index is 0.0203. The highest BCUT2D eigenvalue weighted by Crippen LogP contribution is 2.33. The van der Waals surface area contributed by atoms with Crippen molar-refractivity contribution in [3.05, 3.63) is 68.9 Å². The molecule has 0 bridgehead atoms. The molecule has 1 aliphatic carbocycles. The number of aryl methyl sites for hydroxylation is 2. The molecule has 1 atom stereocenters. The van der Waals surface area contributed by atoms with Gasteiger partial charge in [-0.1, -0.05) is 25.1 Å².